The highest BCUT2D eigenvalue weighted by atomic mass is 32.1. The molecule has 1 aliphatic heterocycles. The summed E-state index contributed by atoms with van der Waals surface area (Å²) < 4.78 is 5.65. The number of morpholine rings is 1. The van der Waals surface area contributed by atoms with Crippen LogP contribution in [0.3, 0.4) is 0 Å². The molecule has 1 aliphatic rings. The van der Waals surface area contributed by atoms with Gasteiger partial charge in [-0.2, -0.15) is 0 Å². The normalized spacial score (nSPS) is 19.1. The van der Waals surface area contributed by atoms with Gasteiger partial charge in [0.15, 0.2) is 0 Å². The Morgan fingerprint density at radius 1 is 1.59 bits per heavy atom. The van der Waals surface area contributed by atoms with E-state index in [0.717, 1.165) is 13.1 Å². The Morgan fingerprint density at radius 2 is 2.35 bits per heavy atom. The molecule has 0 spiro atoms. The largest absolute Gasteiger partial charge is 0.388 e. The van der Waals surface area contributed by atoms with Crippen molar-refractivity contribution in [2.45, 2.75) is 19.4 Å². The van der Waals surface area contributed by atoms with Crippen LogP contribution in [0.5, 0.6) is 0 Å². The Balaban J connectivity index is 2.22. The summed E-state index contributed by atoms with van der Waals surface area (Å²) in [6.45, 7) is 6.32. The van der Waals surface area contributed by atoms with Crippen molar-refractivity contribution in [3.8, 4) is 0 Å². The van der Waals surface area contributed by atoms with Crippen LogP contribution in [0.1, 0.15) is 19.5 Å². The quantitative estimate of drug-likeness (QED) is 0.783. The van der Waals surface area contributed by atoms with Gasteiger partial charge in [0.2, 0.25) is 5.95 Å². The summed E-state index contributed by atoms with van der Waals surface area (Å²) in [5.41, 5.74) is 5.99. The fourth-order valence-electron chi connectivity index (χ4n) is 1.83. The van der Waals surface area contributed by atoms with Gasteiger partial charge < -0.3 is 15.4 Å². The molecule has 92 valence electrons. The third-order valence-electron chi connectivity index (χ3n) is 2.60. The van der Waals surface area contributed by atoms with E-state index in [4.69, 9.17) is 22.7 Å². The Labute approximate surface area is 106 Å². The van der Waals surface area contributed by atoms with E-state index < -0.39 is 0 Å². The van der Waals surface area contributed by atoms with Gasteiger partial charge in [-0.05, 0) is 19.9 Å². The number of nitrogens with zero attached hydrogens (tertiary/aromatic N) is 3. The van der Waals surface area contributed by atoms with E-state index >= 15 is 0 Å². The Kier molecular flexibility index (Phi) is 3.26. The lowest BCUT2D eigenvalue weighted by molar-refractivity contribution is -0.0281. The van der Waals surface area contributed by atoms with Crippen LogP contribution in [-0.2, 0) is 4.74 Å². The zero-order valence-corrected chi connectivity index (χ0v) is 10.8. The Bertz CT molecular complexity index is 435. The highest BCUT2D eigenvalue weighted by Crippen LogP contribution is 2.20. The summed E-state index contributed by atoms with van der Waals surface area (Å²) in [6, 6.07) is 1.72. The lowest BCUT2D eigenvalue weighted by atomic mass is 10.1. The molecule has 0 atom stereocenters. The second-order valence-corrected chi connectivity index (χ2v) is 5.08. The van der Waals surface area contributed by atoms with Crippen molar-refractivity contribution in [2.24, 2.45) is 5.73 Å². The number of hydrogen-bond acceptors (Lipinski definition) is 5. The summed E-state index contributed by atoms with van der Waals surface area (Å²) in [6.07, 6.45) is 1.68. The zero-order chi connectivity index (χ0) is 12.5. The number of anilines is 1. The molecular weight excluding hydrogens is 236 g/mol. The molecule has 0 amide bonds. The van der Waals surface area contributed by atoms with Gasteiger partial charge in [0.25, 0.3) is 0 Å². The fourth-order valence-corrected chi connectivity index (χ4v) is 1.94. The minimum atomic E-state index is -0.180. The summed E-state index contributed by atoms with van der Waals surface area (Å²) in [5, 5.41) is 0. The minimum absolute atomic E-state index is 0.180. The molecule has 0 saturated carbocycles. The first-order valence-corrected chi connectivity index (χ1v) is 5.90. The first-order chi connectivity index (χ1) is 7.98. The number of nitrogens with two attached hydrogens (primary N) is 1. The highest BCUT2D eigenvalue weighted by Gasteiger charge is 2.28. The molecule has 1 aromatic heterocycles. The van der Waals surface area contributed by atoms with Crippen LogP contribution < -0.4 is 10.6 Å². The third kappa shape index (κ3) is 2.89. The predicted octanol–water partition coefficient (Wildman–Crippen LogP) is 0.726. The molecule has 5 nitrogen and oxygen atoms in total. The third-order valence-corrected chi connectivity index (χ3v) is 2.81. The summed E-state index contributed by atoms with van der Waals surface area (Å²) >= 11 is 4.91. The Hall–Kier alpha value is -1.27. The smallest absolute Gasteiger partial charge is 0.226 e. The molecule has 2 heterocycles. The molecule has 6 heteroatoms. The molecule has 0 aromatic carbocycles. The van der Waals surface area contributed by atoms with E-state index in [1.54, 1.807) is 12.3 Å². The molecular formula is C11H16N4OS. The van der Waals surface area contributed by atoms with E-state index in [9.17, 15) is 0 Å². The fraction of sp³-hybridized carbons (Fsp3) is 0.545. The van der Waals surface area contributed by atoms with Crippen LogP contribution in [0, 0.1) is 0 Å². The minimum Gasteiger partial charge on any atom is -0.388 e. The molecule has 0 aliphatic carbocycles. The van der Waals surface area contributed by atoms with Gasteiger partial charge in [0.1, 0.15) is 10.7 Å². The van der Waals surface area contributed by atoms with E-state index in [-0.39, 0.29) is 5.60 Å². The van der Waals surface area contributed by atoms with Crippen LogP contribution in [0.4, 0.5) is 5.95 Å². The van der Waals surface area contributed by atoms with Crippen molar-refractivity contribution in [1.82, 2.24) is 9.97 Å². The van der Waals surface area contributed by atoms with Gasteiger partial charge >= 0.3 is 0 Å². The first-order valence-electron chi connectivity index (χ1n) is 5.50. The molecule has 0 unspecified atom stereocenters. The Morgan fingerprint density at radius 3 is 3.00 bits per heavy atom. The van der Waals surface area contributed by atoms with Gasteiger partial charge in [0.05, 0.1) is 12.2 Å². The van der Waals surface area contributed by atoms with Gasteiger partial charge in [-0.15, -0.1) is 0 Å². The predicted molar refractivity (Wildman–Crippen MR) is 70.2 cm³/mol. The van der Waals surface area contributed by atoms with E-state index in [1.165, 1.54) is 0 Å². The number of ether oxygens (including phenoxy) is 1. The number of aromatic nitrogens is 2. The van der Waals surface area contributed by atoms with Gasteiger partial charge in [-0.25, -0.2) is 9.97 Å². The topological polar surface area (TPSA) is 64.3 Å². The molecule has 1 saturated heterocycles. The van der Waals surface area contributed by atoms with Crippen LogP contribution >= 0.6 is 12.2 Å². The lowest BCUT2D eigenvalue weighted by Crippen LogP contribution is -2.49. The zero-order valence-electron chi connectivity index (χ0n) is 10.0. The molecule has 2 rings (SSSR count). The summed E-state index contributed by atoms with van der Waals surface area (Å²) in [5.74, 6) is 0.659. The second-order valence-electron chi connectivity index (χ2n) is 4.64. The monoisotopic (exact) mass is 252 g/mol. The maximum absolute atomic E-state index is 5.65. The maximum Gasteiger partial charge on any atom is 0.226 e. The van der Waals surface area contributed by atoms with E-state index in [2.05, 4.69) is 28.7 Å². The van der Waals surface area contributed by atoms with Crippen LogP contribution in [0.25, 0.3) is 0 Å². The van der Waals surface area contributed by atoms with Crippen LogP contribution in [-0.4, -0.2) is 40.3 Å². The number of rotatable bonds is 2. The maximum atomic E-state index is 5.65. The molecule has 17 heavy (non-hydrogen) atoms. The summed E-state index contributed by atoms with van der Waals surface area (Å²) in [4.78, 5) is 11.0. The van der Waals surface area contributed by atoms with Crippen LogP contribution in [0.15, 0.2) is 12.3 Å². The average Bonchev–Trinajstić information content (AvgIpc) is 2.28. The highest BCUT2D eigenvalue weighted by molar-refractivity contribution is 7.80. The van der Waals surface area contributed by atoms with Crippen molar-refractivity contribution < 1.29 is 4.74 Å². The number of hydrogen-bond donors (Lipinski definition) is 1. The second kappa shape index (κ2) is 4.54. The van der Waals surface area contributed by atoms with Crippen molar-refractivity contribution in [2.75, 3.05) is 24.6 Å². The SMILES string of the molecule is CC1(C)CN(c2nccc(C(N)=S)n2)CCO1. The number of thiocarbonyl (C=S) groups is 1. The van der Waals surface area contributed by atoms with E-state index in [0.29, 0.717) is 23.2 Å². The van der Waals surface area contributed by atoms with Crippen molar-refractivity contribution in [3.63, 3.8) is 0 Å². The molecule has 0 bridgehead atoms. The first kappa shape index (κ1) is 12.2. The van der Waals surface area contributed by atoms with Gasteiger partial charge in [-0.3, -0.25) is 0 Å². The standard InChI is InChI=1S/C11H16N4OS/c1-11(2)7-15(5-6-16-11)10-13-4-3-8(14-10)9(12)17/h3-4H,5-7H2,1-2H3,(H2,12,17). The van der Waals surface area contributed by atoms with Crippen molar-refractivity contribution >= 4 is 23.2 Å². The molecule has 1 fully saturated rings. The molecule has 0 radical (unpaired) electrons. The molecule has 2 N–H and O–H groups in total. The van der Waals surface area contributed by atoms with Crippen molar-refractivity contribution in [1.29, 1.82) is 0 Å². The molecule has 1 aromatic rings. The van der Waals surface area contributed by atoms with Gasteiger partial charge in [0, 0.05) is 19.3 Å². The average molecular weight is 252 g/mol. The summed E-state index contributed by atoms with van der Waals surface area (Å²) in [7, 11) is 0. The van der Waals surface area contributed by atoms with Crippen molar-refractivity contribution in [3.05, 3.63) is 18.0 Å². The lowest BCUT2D eigenvalue weighted by Gasteiger charge is -2.38. The van der Waals surface area contributed by atoms with Gasteiger partial charge in [-0.1, -0.05) is 12.2 Å². The van der Waals surface area contributed by atoms with E-state index in [1.807, 2.05) is 0 Å². The van der Waals surface area contributed by atoms with Crippen LogP contribution in [0.2, 0.25) is 0 Å².